The number of aryl methyl sites for hydroxylation is 1. The fraction of sp³-hybridized carbons (Fsp3) is 0.450. The van der Waals surface area contributed by atoms with Crippen LogP contribution in [0.4, 0.5) is 10.1 Å². The Bertz CT molecular complexity index is 874. The Hall–Kier alpha value is -2.35. The lowest BCUT2D eigenvalue weighted by molar-refractivity contribution is 0.468. The summed E-state index contributed by atoms with van der Waals surface area (Å²) in [6.45, 7) is 4.81. The van der Waals surface area contributed by atoms with Crippen LogP contribution in [0.15, 0.2) is 35.6 Å². The van der Waals surface area contributed by atoms with Crippen molar-refractivity contribution < 1.29 is 4.39 Å². The summed E-state index contributed by atoms with van der Waals surface area (Å²) in [5, 5.41) is 19.8. The zero-order valence-electron chi connectivity index (χ0n) is 16.7. The number of nitrogens with zero attached hydrogens (tertiary/aromatic N) is 5. The molecule has 2 heterocycles. The Morgan fingerprint density at radius 3 is 2.93 bits per heavy atom. The molecule has 3 rings (SSSR count). The summed E-state index contributed by atoms with van der Waals surface area (Å²) in [5.74, 6) is 0.267. The van der Waals surface area contributed by atoms with Crippen molar-refractivity contribution in [3.63, 3.8) is 0 Å². The summed E-state index contributed by atoms with van der Waals surface area (Å²) in [6, 6.07) is 6.67. The van der Waals surface area contributed by atoms with E-state index in [0.29, 0.717) is 17.1 Å². The summed E-state index contributed by atoms with van der Waals surface area (Å²) < 4.78 is 15.9. The number of aliphatic imine (C=N–C) groups is 1. The summed E-state index contributed by atoms with van der Waals surface area (Å²) in [7, 11) is 1.92. The molecule has 1 aromatic carbocycles. The van der Waals surface area contributed by atoms with Crippen LogP contribution in [0.5, 0.6) is 0 Å². The highest BCUT2D eigenvalue weighted by Crippen LogP contribution is 2.19. The number of aromatic nitrogens is 2. The van der Waals surface area contributed by atoms with Gasteiger partial charge >= 0.3 is 0 Å². The normalized spacial score (nSPS) is 16.7. The maximum absolute atomic E-state index is 14.1. The molecule has 1 aliphatic heterocycles. The molecule has 1 atom stereocenters. The Morgan fingerprint density at radius 2 is 2.28 bits per heavy atom. The van der Waals surface area contributed by atoms with E-state index in [1.807, 2.05) is 37.1 Å². The third-order valence-electron chi connectivity index (χ3n) is 4.75. The number of benzene rings is 1. The van der Waals surface area contributed by atoms with E-state index in [-0.39, 0.29) is 36.6 Å². The quantitative estimate of drug-likeness (QED) is 0.367. The zero-order chi connectivity index (χ0) is 19.9. The van der Waals surface area contributed by atoms with Crippen molar-refractivity contribution in [1.82, 2.24) is 20.4 Å². The Morgan fingerprint density at radius 1 is 1.45 bits per heavy atom. The summed E-state index contributed by atoms with van der Waals surface area (Å²) in [4.78, 5) is 6.85. The van der Waals surface area contributed by atoms with Gasteiger partial charge in [0.2, 0.25) is 0 Å². The lowest BCUT2D eigenvalue weighted by atomic mass is 10.1. The minimum Gasteiger partial charge on any atom is -0.367 e. The van der Waals surface area contributed by atoms with Gasteiger partial charge in [0.05, 0.1) is 30.1 Å². The van der Waals surface area contributed by atoms with Gasteiger partial charge in [-0.2, -0.15) is 10.4 Å². The lowest BCUT2D eigenvalue weighted by Crippen LogP contribution is -2.51. The molecule has 1 aliphatic rings. The Balaban J connectivity index is 0.00000300. The first-order valence-corrected chi connectivity index (χ1v) is 9.56. The molecule has 0 spiro atoms. The second-order valence-electron chi connectivity index (χ2n) is 6.91. The maximum atomic E-state index is 14.1. The summed E-state index contributed by atoms with van der Waals surface area (Å²) in [6.07, 6.45) is 6.04. The smallest absolute Gasteiger partial charge is 0.191 e. The number of halogens is 2. The molecule has 9 heteroatoms. The fourth-order valence-electron chi connectivity index (χ4n) is 3.32. The largest absolute Gasteiger partial charge is 0.367 e. The van der Waals surface area contributed by atoms with Gasteiger partial charge in [-0.1, -0.05) is 6.07 Å². The molecule has 0 amide bonds. The second kappa shape index (κ2) is 11.0. The van der Waals surface area contributed by atoms with Gasteiger partial charge in [-0.15, -0.1) is 24.0 Å². The molecule has 2 N–H and O–H groups in total. The minimum absolute atomic E-state index is 0. The number of piperidine rings is 1. The van der Waals surface area contributed by atoms with Crippen molar-refractivity contribution in [2.45, 2.75) is 32.4 Å². The van der Waals surface area contributed by atoms with Gasteiger partial charge in [-0.3, -0.25) is 4.68 Å². The molecule has 0 aliphatic carbocycles. The Labute approximate surface area is 188 Å². The van der Waals surface area contributed by atoms with Crippen LogP contribution in [0.1, 0.15) is 30.9 Å². The predicted octanol–water partition coefficient (Wildman–Crippen LogP) is 2.77. The molecule has 0 saturated carbocycles. The first-order valence-electron chi connectivity index (χ1n) is 9.56. The molecule has 0 radical (unpaired) electrons. The average molecular weight is 511 g/mol. The molecular formula is C20H27FIN7. The van der Waals surface area contributed by atoms with Crippen molar-refractivity contribution in [3.8, 4) is 6.07 Å². The van der Waals surface area contributed by atoms with E-state index >= 15 is 0 Å². The van der Waals surface area contributed by atoms with Crippen molar-refractivity contribution >= 4 is 35.6 Å². The molecular weight excluding hydrogens is 484 g/mol. The molecule has 1 aromatic heterocycles. The molecule has 156 valence electrons. The highest BCUT2D eigenvalue weighted by Gasteiger charge is 2.21. The van der Waals surface area contributed by atoms with E-state index in [2.05, 4.69) is 25.6 Å². The van der Waals surface area contributed by atoms with E-state index in [1.165, 1.54) is 6.07 Å². The molecule has 1 fully saturated rings. The molecule has 1 unspecified atom stereocenters. The predicted molar refractivity (Wildman–Crippen MR) is 123 cm³/mol. The van der Waals surface area contributed by atoms with Crippen LogP contribution in [-0.4, -0.2) is 41.4 Å². The second-order valence-corrected chi connectivity index (χ2v) is 6.91. The van der Waals surface area contributed by atoms with E-state index in [4.69, 9.17) is 5.26 Å². The summed E-state index contributed by atoms with van der Waals surface area (Å²) >= 11 is 0. The van der Waals surface area contributed by atoms with Crippen LogP contribution in [0, 0.1) is 17.1 Å². The van der Waals surface area contributed by atoms with Crippen LogP contribution in [0.2, 0.25) is 0 Å². The number of rotatable bonds is 5. The average Bonchev–Trinajstić information content (AvgIpc) is 3.13. The van der Waals surface area contributed by atoms with Crippen LogP contribution < -0.4 is 15.5 Å². The number of hydrogen-bond donors (Lipinski definition) is 2. The van der Waals surface area contributed by atoms with E-state index in [0.717, 1.165) is 38.2 Å². The van der Waals surface area contributed by atoms with E-state index in [1.54, 1.807) is 12.1 Å². The molecule has 0 bridgehead atoms. The highest BCUT2D eigenvalue weighted by molar-refractivity contribution is 14.0. The monoisotopic (exact) mass is 511 g/mol. The van der Waals surface area contributed by atoms with Crippen LogP contribution in [0.3, 0.4) is 0 Å². The molecule has 2 aromatic rings. The third-order valence-corrected chi connectivity index (χ3v) is 4.75. The van der Waals surface area contributed by atoms with E-state index in [9.17, 15) is 4.39 Å². The number of hydrogen-bond acceptors (Lipinski definition) is 4. The summed E-state index contributed by atoms with van der Waals surface area (Å²) in [5.41, 5.74) is 1.90. The number of nitrogens with one attached hydrogen (secondary N) is 2. The van der Waals surface area contributed by atoms with Crippen molar-refractivity contribution in [3.05, 3.63) is 47.5 Å². The van der Waals surface area contributed by atoms with Gasteiger partial charge in [0.25, 0.3) is 0 Å². The minimum atomic E-state index is -0.404. The van der Waals surface area contributed by atoms with Crippen molar-refractivity contribution in [2.24, 2.45) is 12.0 Å². The number of guanidine groups is 1. The van der Waals surface area contributed by atoms with Gasteiger partial charge in [0.1, 0.15) is 5.82 Å². The number of anilines is 1. The van der Waals surface area contributed by atoms with Crippen LogP contribution >= 0.6 is 24.0 Å². The van der Waals surface area contributed by atoms with Gasteiger partial charge in [-0.05, 0) is 31.9 Å². The maximum Gasteiger partial charge on any atom is 0.191 e. The van der Waals surface area contributed by atoms with Crippen molar-refractivity contribution in [2.75, 3.05) is 24.5 Å². The molecule has 29 heavy (non-hydrogen) atoms. The number of nitriles is 1. The first-order chi connectivity index (χ1) is 13.6. The zero-order valence-corrected chi connectivity index (χ0v) is 19.1. The molecule has 7 nitrogen and oxygen atoms in total. The van der Waals surface area contributed by atoms with Gasteiger partial charge in [0.15, 0.2) is 5.96 Å². The first kappa shape index (κ1) is 22.9. The van der Waals surface area contributed by atoms with E-state index < -0.39 is 5.82 Å². The van der Waals surface area contributed by atoms with Gasteiger partial charge in [0, 0.05) is 44.5 Å². The topological polar surface area (TPSA) is 81.3 Å². The van der Waals surface area contributed by atoms with Crippen LogP contribution in [0.25, 0.3) is 0 Å². The fourth-order valence-corrected chi connectivity index (χ4v) is 3.32. The van der Waals surface area contributed by atoms with Gasteiger partial charge < -0.3 is 15.5 Å². The van der Waals surface area contributed by atoms with Crippen molar-refractivity contribution in [1.29, 1.82) is 5.26 Å². The lowest BCUT2D eigenvalue weighted by Gasteiger charge is -2.34. The molecule has 1 saturated heterocycles. The highest BCUT2D eigenvalue weighted by atomic mass is 127. The Kier molecular flexibility index (Phi) is 8.70. The SMILES string of the molecule is CCNC(=NCc1ccc(C#N)cc1F)NC1CCCN(c2cnn(C)c2)C1.I. The standard InChI is InChI=1S/C20H26FN7.HI/c1-3-23-20(24-11-16-7-6-15(10-22)9-19(16)21)26-17-5-4-8-28(13-17)18-12-25-27(2)14-18;/h6-7,9,12,14,17H,3-5,8,11,13H2,1-2H3,(H2,23,24,26);1H. The third kappa shape index (κ3) is 6.32. The van der Waals surface area contributed by atoms with Crippen LogP contribution in [-0.2, 0) is 13.6 Å². The van der Waals surface area contributed by atoms with Gasteiger partial charge in [-0.25, -0.2) is 9.38 Å².